The number of hydrogen-bond donors (Lipinski definition) is 5. The maximum atomic E-state index is 12.3. The first kappa shape index (κ1) is 33.8. The lowest BCUT2D eigenvalue weighted by Crippen LogP contribution is -2.48. The number of nitrogen functional groups attached to an aromatic ring is 1. The molecule has 10 nitrogen and oxygen atoms in total. The number of methoxy groups -OCH3 is 1. The Morgan fingerprint density at radius 1 is 1.16 bits per heavy atom. The summed E-state index contributed by atoms with van der Waals surface area (Å²) in [6.07, 6.45) is 9.78. The van der Waals surface area contributed by atoms with E-state index in [-0.39, 0.29) is 11.9 Å². The van der Waals surface area contributed by atoms with E-state index in [1.807, 2.05) is 42.4 Å². The van der Waals surface area contributed by atoms with Crippen molar-refractivity contribution in [2.75, 3.05) is 46.2 Å². The van der Waals surface area contributed by atoms with Crippen LogP contribution in [0.5, 0.6) is 5.75 Å². The van der Waals surface area contributed by atoms with Crippen LogP contribution in [0.15, 0.2) is 42.6 Å². The molecule has 0 radical (unpaired) electrons. The number of likely N-dealkylation sites (N-methyl/N-ethyl adjacent to an activating group) is 1. The van der Waals surface area contributed by atoms with E-state index in [0.717, 1.165) is 81.0 Å². The lowest BCUT2D eigenvalue weighted by atomic mass is 9.91. The number of rotatable bonds is 14. The molecule has 2 aromatic carbocycles. The number of hydrogen-bond acceptors (Lipinski definition) is 9. The van der Waals surface area contributed by atoms with Gasteiger partial charge in [-0.3, -0.25) is 14.5 Å². The molecule has 2 aromatic rings. The molecule has 1 heterocycles. The maximum absolute atomic E-state index is 12.3. The second-order valence-corrected chi connectivity index (χ2v) is 11.8. The molecule has 4 rings (SSSR count). The van der Waals surface area contributed by atoms with E-state index in [1.54, 1.807) is 19.2 Å². The van der Waals surface area contributed by atoms with Crippen molar-refractivity contribution in [1.29, 1.82) is 0 Å². The Morgan fingerprint density at radius 3 is 2.71 bits per heavy atom. The van der Waals surface area contributed by atoms with Crippen molar-refractivity contribution in [3.05, 3.63) is 64.9 Å². The third kappa shape index (κ3) is 9.98. The maximum Gasteiger partial charge on any atom is 0.237 e. The Bertz CT molecular complexity index is 1380. The Balaban J connectivity index is 1.13. The highest BCUT2D eigenvalue weighted by atomic mass is 16.5. The summed E-state index contributed by atoms with van der Waals surface area (Å²) in [6, 6.07) is 11.8. The van der Waals surface area contributed by atoms with Gasteiger partial charge in [0.15, 0.2) is 0 Å². The summed E-state index contributed by atoms with van der Waals surface area (Å²) in [5.41, 5.74) is 16.5. The summed E-state index contributed by atoms with van der Waals surface area (Å²) in [6.45, 7) is 3.04. The average molecular weight is 617 g/mol. The highest BCUT2D eigenvalue weighted by molar-refractivity contribution is 5.82. The minimum atomic E-state index is -0.198. The normalized spacial score (nSPS) is 20.2. The lowest BCUT2D eigenvalue weighted by Gasteiger charge is -2.30. The van der Waals surface area contributed by atoms with E-state index >= 15 is 0 Å². The van der Waals surface area contributed by atoms with Crippen molar-refractivity contribution < 1.29 is 19.1 Å². The molecule has 1 aliphatic heterocycles. The van der Waals surface area contributed by atoms with Crippen LogP contribution in [0.25, 0.3) is 5.70 Å². The minimum Gasteiger partial charge on any atom is -0.495 e. The van der Waals surface area contributed by atoms with Crippen LogP contribution in [-0.4, -0.2) is 75.7 Å². The average Bonchev–Trinajstić information content (AvgIpc) is 3.06. The van der Waals surface area contributed by atoms with E-state index in [2.05, 4.69) is 27.8 Å². The van der Waals surface area contributed by atoms with Gasteiger partial charge < -0.3 is 36.9 Å². The summed E-state index contributed by atoms with van der Waals surface area (Å²) < 4.78 is 11.1. The van der Waals surface area contributed by atoms with Gasteiger partial charge in [-0.2, -0.15) is 0 Å². The molecule has 7 N–H and O–H groups in total. The van der Waals surface area contributed by atoms with Crippen molar-refractivity contribution in [2.45, 2.75) is 69.6 Å². The fraction of sp³-hybridized carbons (Fsp3) is 0.486. The third-order valence-corrected chi connectivity index (χ3v) is 8.60. The van der Waals surface area contributed by atoms with Gasteiger partial charge in [-0.25, -0.2) is 0 Å². The number of carbonyl (C=O) groups excluding carboxylic acids is 2. The van der Waals surface area contributed by atoms with Gasteiger partial charge in [0.2, 0.25) is 5.91 Å². The summed E-state index contributed by atoms with van der Waals surface area (Å²) in [5, 5.41) is 10.1. The second kappa shape index (κ2) is 17.4. The Hall–Kier alpha value is -4.04. The SMILES string of the molecule is COc1cc(/C(N)=C/NC2CCC(NCCCOCC#Cc3cccc(C=O)c3CN(C)C3CCCNC3=O)CC2)ccc1N. The summed E-state index contributed by atoms with van der Waals surface area (Å²) in [7, 11) is 3.52. The smallest absolute Gasteiger partial charge is 0.237 e. The largest absolute Gasteiger partial charge is 0.495 e. The molecule has 1 atom stereocenters. The molecule has 2 aliphatic rings. The molecule has 0 aromatic heterocycles. The number of benzene rings is 2. The second-order valence-electron chi connectivity index (χ2n) is 11.8. The van der Waals surface area contributed by atoms with Gasteiger partial charge in [0.05, 0.1) is 24.5 Å². The molecular formula is C35H48N6O4. The fourth-order valence-electron chi connectivity index (χ4n) is 5.93. The molecule has 1 saturated heterocycles. The standard InChI is InChI=1S/C35H48N6O4/c1-41(33-10-4-17-39-35(33)43)23-30-25(7-3-8-27(30)24-42)9-5-19-45-20-6-18-38-28-12-14-29(15-13-28)40-22-32(37)26-11-16-31(36)34(21-26)44-2/h3,7-8,11,16,21-22,24,28-29,33,38,40H,4,6,10,12-15,17-20,23,36-37H2,1-2H3,(H,39,43)/b32-22-. The van der Waals surface area contributed by atoms with Gasteiger partial charge in [-0.15, -0.1) is 0 Å². The van der Waals surface area contributed by atoms with E-state index in [4.69, 9.17) is 20.9 Å². The molecule has 1 amide bonds. The van der Waals surface area contributed by atoms with Crippen LogP contribution in [0.4, 0.5) is 5.69 Å². The van der Waals surface area contributed by atoms with Crippen LogP contribution >= 0.6 is 0 Å². The number of nitrogens with two attached hydrogens (primary N) is 2. The van der Waals surface area contributed by atoms with Crippen LogP contribution in [-0.2, 0) is 16.1 Å². The molecule has 242 valence electrons. The number of aldehydes is 1. The highest BCUT2D eigenvalue weighted by Crippen LogP contribution is 2.25. The monoisotopic (exact) mass is 616 g/mol. The molecule has 45 heavy (non-hydrogen) atoms. The number of nitrogens with one attached hydrogen (secondary N) is 3. The quantitative estimate of drug-likeness (QED) is 0.0937. The molecule has 0 spiro atoms. The Labute approximate surface area is 267 Å². The molecule has 1 saturated carbocycles. The molecule has 10 heteroatoms. The number of amides is 1. The van der Waals surface area contributed by atoms with Gasteiger partial charge >= 0.3 is 0 Å². The van der Waals surface area contributed by atoms with Crippen molar-refractivity contribution >= 4 is 23.6 Å². The topological polar surface area (TPSA) is 144 Å². The Morgan fingerprint density at radius 2 is 1.96 bits per heavy atom. The van der Waals surface area contributed by atoms with E-state index in [9.17, 15) is 9.59 Å². The van der Waals surface area contributed by atoms with Crippen LogP contribution in [0.3, 0.4) is 0 Å². The van der Waals surface area contributed by atoms with Crippen molar-refractivity contribution in [2.24, 2.45) is 5.73 Å². The van der Waals surface area contributed by atoms with Gasteiger partial charge in [0, 0.05) is 54.7 Å². The van der Waals surface area contributed by atoms with Crippen LogP contribution < -0.4 is 32.2 Å². The zero-order chi connectivity index (χ0) is 32.0. The lowest BCUT2D eigenvalue weighted by molar-refractivity contribution is -0.127. The predicted molar refractivity (Wildman–Crippen MR) is 178 cm³/mol. The Kier molecular flexibility index (Phi) is 13.1. The molecule has 1 unspecified atom stereocenters. The number of nitrogens with zero attached hydrogens (tertiary/aromatic N) is 1. The van der Waals surface area contributed by atoms with E-state index in [0.29, 0.717) is 54.5 Å². The zero-order valence-electron chi connectivity index (χ0n) is 26.6. The fourth-order valence-corrected chi connectivity index (χ4v) is 5.93. The molecular weight excluding hydrogens is 568 g/mol. The van der Waals surface area contributed by atoms with E-state index in [1.165, 1.54) is 0 Å². The number of ether oxygens (including phenoxy) is 2. The van der Waals surface area contributed by atoms with Crippen molar-refractivity contribution in [3.63, 3.8) is 0 Å². The molecule has 0 bridgehead atoms. The first-order valence-corrected chi connectivity index (χ1v) is 15.9. The highest BCUT2D eigenvalue weighted by Gasteiger charge is 2.27. The van der Waals surface area contributed by atoms with Crippen LogP contribution in [0.1, 0.15) is 72.0 Å². The predicted octanol–water partition coefficient (Wildman–Crippen LogP) is 3.01. The van der Waals surface area contributed by atoms with E-state index < -0.39 is 0 Å². The zero-order valence-corrected chi connectivity index (χ0v) is 26.6. The van der Waals surface area contributed by atoms with Crippen molar-refractivity contribution in [1.82, 2.24) is 20.9 Å². The first-order chi connectivity index (χ1) is 21.9. The third-order valence-electron chi connectivity index (χ3n) is 8.60. The van der Waals surface area contributed by atoms with Crippen LogP contribution in [0.2, 0.25) is 0 Å². The van der Waals surface area contributed by atoms with Crippen molar-refractivity contribution in [3.8, 4) is 17.6 Å². The number of carbonyl (C=O) groups is 2. The van der Waals surface area contributed by atoms with Gasteiger partial charge in [0.25, 0.3) is 0 Å². The molecule has 1 aliphatic carbocycles. The number of anilines is 1. The molecule has 2 fully saturated rings. The summed E-state index contributed by atoms with van der Waals surface area (Å²) in [5.74, 6) is 6.94. The van der Waals surface area contributed by atoms with Gasteiger partial charge in [-0.05, 0) is 82.3 Å². The minimum absolute atomic E-state index is 0.0406. The number of piperidine rings is 1. The van der Waals surface area contributed by atoms with Gasteiger partial charge in [-0.1, -0.05) is 30.0 Å². The first-order valence-electron chi connectivity index (χ1n) is 15.9. The summed E-state index contributed by atoms with van der Waals surface area (Å²) in [4.78, 5) is 26.1. The van der Waals surface area contributed by atoms with Crippen LogP contribution in [0, 0.1) is 11.8 Å². The summed E-state index contributed by atoms with van der Waals surface area (Å²) >= 11 is 0. The van der Waals surface area contributed by atoms with Gasteiger partial charge in [0.1, 0.15) is 18.6 Å².